The fourth-order valence-corrected chi connectivity index (χ4v) is 2.75. The van der Waals surface area contributed by atoms with E-state index < -0.39 is 0 Å². The lowest BCUT2D eigenvalue weighted by Crippen LogP contribution is -2.16. The number of nitrogens with zero attached hydrogens (tertiary/aromatic N) is 3. The van der Waals surface area contributed by atoms with Gasteiger partial charge in [0.1, 0.15) is 11.6 Å². The Kier molecular flexibility index (Phi) is 2.91. The van der Waals surface area contributed by atoms with Crippen LogP contribution in [0.3, 0.4) is 0 Å². The van der Waals surface area contributed by atoms with Crippen LogP contribution in [0.4, 0.5) is 5.13 Å². The first-order valence-corrected chi connectivity index (χ1v) is 6.76. The van der Waals surface area contributed by atoms with Crippen LogP contribution in [-0.4, -0.2) is 23.0 Å². The molecule has 0 amide bonds. The maximum atomic E-state index is 5.51. The van der Waals surface area contributed by atoms with E-state index in [4.69, 9.17) is 4.74 Å². The van der Waals surface area contributed by atoms with E-state index in [2.05, 4.69) is 32.5 Å². The quantitative estimate of drug-likeness (QED) is 0.850. The van der Waals surface area contributed by atoms with Crippen LogP contribution in [0, 0.1) is 6.92 Å². The molecule has 5 heteroatoms. The lowest BCUT2D eigenvalue weighted by atomic mass is 10.1. The number of hydrogen-bond acceptors (Lipinski definition) is 5. The molecule has 0 aliphatic carbocycles. The largest absolute Gasteiger partial charge is 0.493 e. The van der Waals surface area contributed by atoms with Gasteiger partial charge in [0.25, 0.3) is 0 Å². The Labute approximate surface area is 110 Å². The molecule has 0 spiro atoms. The summed E-state index contributed by atoms with van der Waals surface area (Å²) in [6.07, 6.45) is 1.02. The van der Waals surface area contributed by atoms with Gasteiger partial charge in [-0.15, -0.1) is 0 Å². The number of benzene rings is 1. The van der Waals surface area contributed by atoms with Crippen molar-refractivity contribution < 1.29 is 4.74 Å². The summed E-state index contributed by atoms with van der Waals surface area (Å²) < 4.78 is 9.72. The van der Waals surface area contributed by atoms with Gasteiger partial charge < -0.3 is 9.64 Å². The average Bonchev–Trinajstić information content (AvgIpc) is 2.96. The van der Waals surface area contributed by atoms with Gasteiger partial charge in [-0.1, -0.05) is 12.1 Å². The van der Waals surface area contributed by atoms with Gasteiger partial charge >= 0.3 is 0 Å². The summed E-state index contributed by atoms with van der Waals surface area (Å²) in [5.74, 6) is 1.87. The second-order valence-electron chi connectivity index (χ2n) is 4.52. The van der Waals surface area contributed by atoms with Crippen molar-refractivity contribution in [2.24, 2.45) is 0 Å². The summed E-state index contributed by atoms with van der Waals surface area (Å²) in [7, 11) is 2.05. The molecule has 94 valence electrons. The summed E-state index contributed by atoms with van der Waals surface area (Å²) in [4.78, 5) is 6.52. The van der Waals surface area contributed by atoms with E-state index in [1.54, 1.807) is 0 Å². The molecule has 1 aromatic heterocycles. The molecule has 0 fully saturated rings. The number of rotatable bonds is 3. The van der Waals surface area contributed by atoms with Gasteiger partial charge in [0.15, 0.2) is 0 Å². The molecule has 1 aliphatic heterocycles. The number of aryl methyl sites for hydroxylation is 1. The Morgan fingerprint density at radius 3 is 3.11 bits per heavy atom. The highest BCUT2D eigenvalue weighted by Crippen LogP contribution is 2.27. The summed E-state index contributed by atoms with van der Waals surface area (Å²) in [5, 5.41) is 0.962. The zero-order valence-electron chi connectivity index (χ0n) is 10.5. The molecule has 2 heterocycles. The number of anilines is 1. The van der Waals surface area contributed by atoms with Gasteiger partial charge in [0, 0.05) is 31.5 Å². The average molecular weight is 261 g/mol. The smallest absolute Gasteiger partial charge is 0.205 e. The lowest BCUT2D eigenvalue weighted by molar-refractivity contribution is 0.357. The molecule has 0 bridgehead atoms. The molecule has 0 saturated heterocycles. The van der Waals surface area contributed by atoms with E-state index in [-0.39, 0.29) is 0 Å². The minimum absolute atomic E-state index is 0.810. The normalized spacial score (nSPS) is 13.2. The van der Waals surface area contributed by atoms with Crippen molar-refractivity contribution in [2.75, 3.05) is 18.6 Å². The molecule has 18 heavy (non-hydrogen) atoms. The van der Waals surface area contributed by atoms with Crippen molar-refractivity contribution in [2.45, 2.75) is 19.9 Å². The van der Waals surface area contributed by atoms with Crippen LogP contribution in [0.5, 0.6) is 5.75 Å². The minimum Gasteiger partial charge on any atom is -0.493 e. The topological polar surface area (TPSA) is 38.2 Å². The number of ether oxygens (including phenoxy) is 1. The zero-order chi connectivity index (χ0) is 12.5. The Balaban J connectivity index is 1.76. The third-order valence-corrected chi connectivity index (χ3v) is 3.94. The number of aromatic nitrogens is 2. The lowest BCUT2D eigenvalue weighted by Gasteiger charge is -2.15. The molecule has 0 unspecified atom stereocenters. The Bertz CT molecular complexity index is 567. The molecular weight excluding hydrogens is 246 g/mol. The van der Waals surface area contributed by atoms with Crippen LogP contribution < -0.4 is 9.64 Å². The van der Waals surface area contributed by atoms with E-state index in [9.17, 15) is 0 Å². The van der Waals surface area contributed by atoms with Gasteiger partial charge in [-0.25, -0.2) is 4.98 Å². The summed E-state index contributed by atoms with van der Waals surface area (Å²) in [5.41, 5.74) is 2.60. The van der Waals surface area contributed by atoms with Gasteiger partial charge in [-0.2, -0.15) is 4.37 Å². The Hall–Kier alpha value is -1.62. The van der Waals surface area contributed by atoms with Crippen molar-refractivity contribution in [1.82, 2.24) is 9.36 Å². The minimum atomic E-state index is 0.810. The monoisotopic (exact) mass is 261 g/mol. The van der Waals surface area contributed by atoms with Gasteiger partial charge in [-0.05, 0) is 24.1 Å². The number of fused-ring (bicyclic) bond motifs is 1. The Morgan fingerprint density at radius 1 is 1.44 bits per heavy atom. The number of hydrogen-bond donors (Lipinski definition) is 0. The first kappa shape index (κ1) is 11.5. The van der Waals surface area contributed by atoms with Crippen molar-refractivity contribution >= 4 is 16.7 Å². The standard InChI is InChI=1S/C13H15N3OS/c1-9-14-13(18-15-9)16(2)8-10-3-4-12-11(7-10)5-6-17-12/h3-4,7H,5-6,8H2,1-2H3. The molecule has 1 aliphatic rings. The van der Waals surface area contributed by atoms with E-state index in [1.807, 2.05) is 14.0 Å². The van der Waals surface area contributed by atoms with Crippen molar-refractivity contribution in [3.8, 4) is 5.75 Å². The van der Waals surface area contributed by atoms with Crippen molar-refractivity contribution in [3.63, 3.8) is 0 Å². The van der Waals surface area contributed by atoms with Gasteiger partial charge in [0.05, 0.1) is 6.61 Å². The van der Waals surface area contributed by atoms with E-state index in [1.165, 1.54) is 22.7 Å². The third kappa shape index (κ3) is 2.18. The van der Waals surface area contributed by atoms with Crippen LogP contribution in [0.1, 0.15) is 17.0 Å². The Morgan fingerprint density at radius 2 is 2.33 bits per heavy atom. The zero-order valence-corrected chi connectivity index (χ0v) is 11.3. The molecule has 0 radical (unpaired) electrons. The first-order chi connectivity index (χ1) is 8.72. The third-order valence-electron chi connectivity index (χ3n) is 3.02. The molecule has 1 aromatic carbocycles. The second-order valence-corrected chi connectivity index (χ2v) is 5.25. The summed E-state index contributed by atoms with van der Waals surface area (Å²) in [6.45, 7) is 3.58. The molecule has 0 N–H and O–H groups in total. The second kappa shape index (κ2) is 4.57. The highest BCUT2D eigenvalue weighted by molar-refractivity contribution is 7.09. The van der Waals surface area contributed by atoms with Crippen molar-refractivity contribution in [1.29, 1.82) is 0 Å². The fraction of sp³-hybridized carbons (Fsp3) is 0.385. The van der Waals surface area contributed by atoms with Crippen LogP contribution in [0.2, 0.25) is 0 Å². The maximum absolute atomic E-state index is 5.51. The molecule has 0 saturated carbocycles. The molecular formula is C13H15N3OS. The first-order valence-electron chi connectivity index (χ1n) is 5.98. The summed E-state index contributed by atoms with van der Waals surface area (Å²) in [6, 6.07) is 6.41. The molecule has 4 nitrogen and oxygen atoms in total. The highest BCUT2D eigenvalue weighted by Gasteiger charge is 2.13. The van der Waals surface area contributed by atoms with Crippen LogP contribution in [0.25, 0.3) is 0 Å². The van der Waals surface area contributed by atoms with E-state index in [0.29, 0.717) is 0 Å². The van der Waals surface area contributed by atoms with Crippen LogP contribution in [-0.2, 0) is 13.0 Å². The van der Waals surface area contributed by atoms with Crippen LogP contribution in [0.15, 0.2) is 18.2 Å². The van der Waals surface area contributed by atoms with Crippen LogP contribution >= 0.6 is 11.5 Å². The maximum Gasteiger partial charge on any atom is 0.205 e. The van der Waals surface area contributed by atoms with E-state index in [0.717, 1.165) is 36.3 Å². The SMILES string of the molecule is Cc1nsc(N(C)Cc2ccc3c(c2)CCO3)n1. The predicted molar refractivity (Wildman–Crippen MR) is 72.4 cm³/mol. The molecule has 2 aromatic rings. The van der Waals surface area contributed by atoms with E-state index >= 15 is 0 Å². The molecule has 3 rings (SSSR count). The van der Waals surface area contributed by atoms with Gasteiger partial charge in [0.2, 0.25) is 5.13 Å². The summed E-state index contributed by atoms with van der Waals surface area (Å²) >= 11 is 1.44. The fourth-order valence-electron chi connectivity index (χ4n) is 2.12. The molecule has 0 atom stereocenters. The highest BCUT2D eigenvalue weighted by atomic mass is 32.1. The van der Waals surface area contributed by atoms with Gasteiger partial charge in [-0.3, -0.25) is 0 Å². The predicted octanol–water partition coefficient (Wildman–Crippen LogP) is 2.42. The van der Waals surface area contributed by atoms with Crippen molar-refractivity contribution in [3.05, 3.63) is 35.2 Å².